The van der Waals surface area contributed by atoms with Crippen molar-refractivity contribution < 1.29 is 18.0 Å². The number of hydrogen-bond acceptors (Lipinski definition) is 3. The molecule has 0 fully saturated rings. The minimum absolute atomic E-state index is 0.0140. The number of nitrogens with two attached hydrogens (primary N) is 1. The van der Waals surface area contributed by atoms with Crippen molar-refractivity contribution in [2.75, 3.05) is 11.1 Å². The van der Waals surface area contributed by atoms with E-state index >= 15 is 0 Å². The average Bonchev–Trinajstić information content (AvgIpc) is 2.98. The van der Waals surface area contributed by atoms with Gasteiger partial charge in [0.1, 0.15) is 5.69 Å². The van der Waals surface area contributed by atoms with Gasteiger partial charge in [0.25, 0.3) is 5.91 Å². The van der Waals surface area contributed by atoms with Gasteiger partial charge in [-0.3, -0.25) is 4.79 Å². The third-order valence-electron chi connectivity index (χ3n) is 3.95. The van der Waals surface area contributed by atoms with E-state index < -0.39 is 17.8 Å². The Morgan fingerprint density at radius 1 is 1.07 bits per heavy atom. The zero-order chi connectivity index (χ0) is 19.8. The summed E-state index contributed by atoms with van der Waals surface area (Å²) >= 11 is 0. The third kappa shape index (κ3) is 3.94. The van der Waals surface area contributed by atoms with Crippen molar-refractivity contribution in [2.24, 2.45) is 0 Å². The summed E-state index contributed by atoms with van der Waals surface area (Å²) < 4.78 is 40.3. The SMILES string of the molecule is Cc1ccc(NC(=O)c2ccc(-n3nc(C)cc3C(F)(F)F)c(N)c2)cc1. The number of aromatic nitrogens is 2. The minimum atomic E-state index is -4.57. The second kappa shape index (κ2) is 6.79. The molecule has 0 atom stereocenters. The van der Waals surface area contributed by atoms with E-state index in [9.17, 15) is 18.0 Å². The molecule has 0 radical (unpaired) electrons. The fourth-order valence-electron chi connectivity index (χ4n) is 2.61. The van der Waals surface area contributed by atoms with Gasteiger partial charge in [0.05, 0.1) is 17.1 Å². The summed E-state index contributed by atoms with van der Waals surface area (Å²) in [4.78, 5) is 12.4. The first kappa shape index (κ1) is 18.5. The monoisotopic (exact) mass is 374 g/mol. The zero-order valence-corrected chi connectivity index (χ0v) is 14.6. The molecule has 0 aliphatic heterocycles. The van der Waals surface area contributed by atoms with Crippen LogP contribution in [0.4, 0.5) is 24.5 Å². The fourth-order valence-corrected chi connectivity index (χ4v) is 2.61. The molecule has 1 amide bonds. The number of nitrogens with zero attached hydrogens (tertiary/aromatic N) is 2. The van der Waals surface area contributed by atoms with Gasteiger partial charge in [-0.2, -0.15) is 18.3 Å². The highest BCUT2D eigenvalue weighted by Crippen LogP contribution is 2.33. The fraction of sp³-hybridized carbons (Fsp3) is 0.158. The lowest BCUT2D eigenvalue weighted by atomic mass is 10.1. The molecule has 3 aromatic rings. The topological polar surface area (TPSA) is 72.9 Å². The van der Waals surface area contributed by atoms with Gasteiger partial charge < -0.3 is 11.1 Å². The Labute approximate surface area is 153 Å². The summed E-state index contributed by atoms with van der Waals surface area (Å²) in [6, 6.07) is 12.2. The summed E-state index contributed by atoms with van der Waals surface area (Å²) in [6.45, 7) is 3.39. The van der Waals surface area contributed by atoms with Gasteiger partial charge in [0, 0.05) is 11.3 Å². The van der Waals surface area contributed by atoms with E-state index in [0.29, 0.717) is 5.69 Å². The number of aryl methyl sites for hydroxylation is 2. The molecule has 0 saturated carbocycles. The second-order valence-corrected chi connectivity index (χ2v) is 6.17. The maximum absolute atomic E-state index is 13.2. The number of halogens is 3. The molecule has 5 nitrogen and oxygen atoms in total. The molecule has 2 aromatic carbocycles. The quantitative estimate of drug-likeness (QED) is 0.670. The van der Waals surface area contributed by atoms with Gasteiger partial charge in [0.15, 0.2) is 0 Å². The van der Waals surface area contributed by atoms with E-state index in [0.717, 1.165) is 16.3 Å². The van der Waals surface area contributed by atoms with Crippen LogP contribution < -0.4 is 11.1 Å². The highest BCUT2D eigenvalue weighted by molar-refractivity contribution is 6.05. The molecule has 1 aromatic heterocycles. The van der Waals surface area contributed by atoms with Crippen LogP contribution in [0.5, 0.6) is 0 Å². The lowest BCUT2D eigenvalue weighted by molar-refractivity contribution is -0.142. The third-order valence-corrected chi connectivity index (χ3v) is 3.95. The summed E-state index contributed by atoms with van der Waals surface area (Å²) in [5.74, 6) is -0.412. The van der Waals surface area contributed by atoms with Gasteiger partial charge in [-0.25, -0.2) is 4.68 Å². The van der Waals surface area contributed by atoms with Gasteiger partial charge in [-0.05, 0) is 50.2 Å². The molecule has 0 spiro atoms. The van der Waals surface area contributed by atoms with Gasteiger partial charge in [-0.15, -0.1) is 0 Å². The molecular formula is C19H17F3N4O. The molecular weight excluding hydrogens is 357 g/mol. The Balaban J connectivity index is 1.90. The predicted molar refractivity (Wildman–Crippen MR) is 96.8 cm³/mol. The van der Waals surface area contributed by atoms with Crippen molar-refractivity contribution in [3.05, 3.63) is 71.0 Å². The van der Waals surface area contributed by atoms with Crippen LogP contribution in [-0.4, -0.2) is 15.7 Å². The molecule has 27 heavy (non-hydrogen) atoms. The van der Waals surface area contributed by atoms with Crippen LogP contribution in [0.2, 0.25) is 0 Å². The highest BCUT2D eigenvalue weighted by atomic mass is 19.4. The van der Waals surface area contributed by atoms with E-state index in [1.165, 1.54) is 25.1 Å². The van der Waals surface area contributed by atoms with Crippen molar-refractivity contribution in [2.45, 2.75) is 20.0 Å². The Bertz CT molecular complexity index is 991. The first-order valence-electron chi connectivity index (χ1n) is 8.07. The number of anilines is 2. The van der Waals surface area contributed by atoms with Crippen molar-refractivity contribution in [3.8, 4) is 5.69 Å². The number of alkyl halides is 3. The molecule has 0 aliphatic rings. The molecule has 0 saturated heterocycles. The smallest absolute Gasteiger partial charge is 0.397 e. The van der Waals surface area contributed by atoms with E-state index in [2.05, 4.69) is 10.4 Å². The standard InChI is InChI=1S/C19H17F3N4O/c1-11-3-6-14(7-4-11)24-18(27)13-5-8-16(15(23)10-13)26-17(19(20,21)22)9-12(2)25-26/h3-10H,23H2,1-2H3,(H,24,27). The molecule has 1 heterocycles. The van der Waals surface area contributed by atoms with Crippen LogP contribution in [0.1, 0.15) is 27.3 Å². The normalized spacial score (nSPS) is 11.4. The van der Waals surface area contributed by atoms with Crippen LogP contribution in [0.3, 0.4) is 0 Å². The summed E-state index contributed by atoms with van der Waals surface area (Å²) in [5.41, 5.74) is 7.16. The van der Waals surface area contributed by atoms with E-state index in [-0.39, 0.29) is 22.6 Å². The summed E-state index contributed by atoms with van der Waals surface area (Å²) in [5, 5.41) is 6.59. The first-order chi connectivity index (χ1) is 12.6. The number of nitrogens with one attached hydrogen (secondary N) is 1. The molecule has 0 bridgehead atoms. The Morgan fingerprint density at radius 3 is 2.33 bits per heavy atom. The number of carbonyl (C=O) groups excluding carboxylic acids is 1. The van der Waals surface area contributed by atoms with Gasteiger partial charge in [-0.1, -0.05) is 17.7 Å². The number of benzene rings is 2. The Kier molecular flexibility index (Phi) is 4.65. The highest BCUT2D eigenvalue weighted by Gasteiger charge is 2.36. The number of nitrogen functional groups attached to an aromatic ring is 1. The number of amides is 1. The molecule has 0 aliphatic carbocycles. The van der Waals surface area contributed by atoms with Crippen molar-refractivity contribution >= 4 is 17.3 Å². The average molecular weight is 374 g/mol. The van der Waals surface area contributed by atoms with Crippen LogP contribution in [0.25, 0.3) is 5.69 Å². The lowest BCUT2D eigenvalue weighted by Gasteiger charge is -2.13. The first-order valence-corrected chi connectivity index (χ1v) is 8.07. The van der Waals surface area contributed by atoms with E-state index in [4.69, 9.17) is 5.73 Å². The molecule has 3 N–H and O–H groups in total. The molecule has 3 rings (SSSR count). The van der Waals surface area contributed by atoms with Crippen LogP contribution in [0.15, 0.2) is 48.5 Å². The molecule has 140 valence electrons. The summed E-state index contributed by atoms with van der Waals surface area (Å²) in [7, 11) is 0. The predicted octanol–water partition coefficient (Wildman–Crippen LogP) is 4.34. The second-order valence-electron chi connectivity index (χ2n) is 6.17. The zero-order valence-electron chi connectivity index (χ0n) is 14.6. The molecule has 0 unspecified atom stereocenters. The lowest BCUT2D eigenvalue weighted by Crippen LogP contribution is -2.16. The number of rotatable bonds is 3. The Morgan fingerprint density at radius 2 is 1.74 bits per heavy atom. The van der Waals surface area contributed by atoms with Crippen molar-refractivity contribution in [1.29, 1.82) is 0 Å². The van der Waals surface area contributed by atoms with Gasteiger partial charge in [0.2, 0.25) is 0 Å². The van der Waals surface area contributed by atoms with E-state index in [1.54, 1.807) is 12.1 Å². The van der Waals surface area contributed by atoms with Crippen LogP contribution in [-0.2, 0) is 6.18 Å². The van der Waals surface area contributed by atoms with Crippen molar-refractivity contribution in [1.82, 2.24) is 9.78 Å². The number of carbonyl (C=O) groups is 1. The largest absolute Gasteiger partial charge is 0.433 e. The van der Waals surface area contributed by atoms with Crippen LogP contribution in [0, 0.1) is 13.8 Å². The van der Waals surface area contributed by atoms with Crippen molar-refractivity contribution in [3.63, 3.8) is 0 Å². The minimum Gasteiger partial charge on any atom is -0.397 e. The maximum Gasteiger partial charge on any atom is 0.433 e. The van der Waals surface area contributed by atoms with E-state index in [1.807, 2.05) is 19.1 Å². The van der Waals surface area contributed by atoms with Crippen LogP contribution >= 0.6 is 0 Å². The molecule has 8 heteroatoms. The maximum atomic E-state index is 13.2. The Hall–Kier alpha value is -3.29. The summed E-state index contributed by atoms with van der Waals surface area (Å²) in [6.07, 6.45) is -4.57. The van der Waals surface area contributed by atoms with Gasteiger partial charge >= 0.3 is 6.18 Å². The number of hydrogen-bond donors (Lipinski definition) is 2.